The summed E-state index contributed by atoms with van der Waals surface area (Å²) in [5.74, 6) is 0.573. The second kappa shape index (κ2) is 9.46. The van der Waals surface area contributed by atoms with Crippen molar-refractivity contribution in [1.29, 1.82) is 0 Å². The Bertz CT molecular complexity index is 436. The van der Waals surface area contributed by atoms with Crippen LogP contribution < -0.4 is 5.32 Å². The number of rotatable bonds is 7. The first kappa shape index (κ1) is 16.8. The van der Waals surface area contributed by atoms with E-state index in [0.717, 1.165) is 55.2 Å². The van der Waals surface area contributed by atoms with Gasteiger partial charge in [0.1, 0.15) is 0 Å². The average Bonchev–Trinajstić information content (AvgIpc) is 2.52. The molecule has 6 heteroatoms. The summed E-state index contributed by atoms with van der Waals surface area (Å²) in [5, 5.41) is 2.98. The van der Waals surface area contributed by atoms with Crippen LogP contribution in [0.15, 0.2) is 33.6 Å². The fourth-order valence-electron chi connectivity index (χ4n) is 2.09. The van der Waals surface area contributed by atoms with Gasteiger partial charge in [0.05, 0.1) is 19.0 Å². The Morgan fingerprint density at radius 3 is 2.71 bits per heavy atom. The minimum atomic E-state index is 0.102. The summed E-state index contributed by atoms with van der Waals surface area (Å²) in [4.78, 5) is 15.3. The van der Waals surface area contributed by atoms with Crippen molar-refractivity contribution in [3.63, 3.8) is 0 Å². The number of ether oxygens (including phenoxy) is 1. The van der Waals surface area contributed by atoms with Crippen LogP contribution in [0.1, 0.15) is 6.42 Å². The quantitative estimate of drug-likeness (QED) is 0.589. The molecule has 1 aliphatic rings. The highest BCUT2D eigenvalue weighted by Gasteiger charge is 2.09. The molecule has 0 atom stereocenters. The number of benzene rings is 1. The number of carbonyl (C=O) groups excluding carboxylic acids is 1. The highest BCUT2D eigenvalue weighted by molar-refractivity contribution is 9.10. The summed E-state index contributed by atoms with van der Waals surface area (Å²) in [6.45, 7) is 5.45. The molecule has 1 saturated heterocycles. The van der Waals surface area contributed by atoms with Gasteiger partial charge in [-0.1, -0.05) is 15.9 Å². The molecule has 1 aromatic rings. The molecule has 1 N–H and O–H groups in total. The highest BCUT2D eigenvalue weighted by atomic mass is 79.9. The van der Waals surface area contributed by atoms with Crippen molar-refractivity contribution < 1.29 is 9.53 Å². The normalized spacial score (nSPS) is 15.9. The molecule has 0 aromatic heterocycles. The monoisotopic (exact) mass is 372 g/mol. The Morgan fingerprint density at radius 2 is 2.00 bits per heavy atom. The van der Waals surface area contributed by atoms with E-state index in [2.05, 4.69) is 26.1 Å². The molecule has 0 radical (unpaired) electrons. The number of halogens is 1. The molecule has 1 aromatic carbocycles. The largest absolute Gasteiger partial charge is 0.379 e. The van der Waals surface area contributed by atoms with Crippen LogP contribution in [0.4, 0.5) is 0 Å². The summed E-state index contributed by atoms with van der Waals surface area (Å²) < 4.78 is 6.36. The van der Waals surface area contributed by atoms with Crippen LogP contribution in [0.5, 0.6) is 0 Å². The molecule has 2 rings (SSSR count). The zero-order valence-corrected chi connectivity index (χ0v) is 14.4. The van der Waals surface area contributed by atoms with Crippen LogP contribution in [-0.2, 0) is 9.53 Å². The minimum Gasteiger partial charge on any atom is -0.379 e. The Labute approximate surface area is 138 Å². The lowest BCUT2D eigenvalue weighted by Gasteiger charge is -2.26. The zero-order valence-electron chi connectivity index (χ0n) is 12.0. The average molecular weight is 373 g/mol. The van der Waals surface area contributed by atoms with Crippen LogP contribution in [0.3, 0.4) is 0 Å². The fraction of sp³-hybridized carbons (Fsp3) is 0.533. The Kier molecular flexibility index (Phi) is 7.57. The molecule has 1 amide bonds. The molecule has 0 spiro atoms. The smallest absolute Gasteiger partial charge is 0.230 e. The van der Waals surface area contributed by atoms with E-state index in [1.165, 1.54) is 0 Å². The molecule has 0 saturated carbocycles. The molecule has 0 bridgehead atoms. The van der Waals surface area contributed by atoms with Gasteiger partial charge in [-0.2, -0.15) is 0 Å². The molecule has 21 heavy (non-hydrogen) atoms. The molecule has 1 fully saturated rings. The van der Waals surface area contributed by atoms with E-state index in [4.69, 9.17) is 4.74 Å². The number of thioether (sulfide) groups is 1. The maximum absolute atomic E-state index is 11.8. The second-order valence-electron chi connectivity index (χ2n) is 4.90. The lowest BCUT2D eigenvalue weighted by Crippen LogP contribution is -2.38. The van der Waals surface area contributed by atoms with Crippen LogP contribution >= 0.6 is 27.7 Å². The van der Waals surface area contributed by atoms with Gasteiger partial charge in [0.25, 0.3) is 0 Å². The molecule has 1 aliphatic heterocycles. The summed E-state index contributed by atoms with van der Waals surface area (Å²) in [6.07, 6.45) is 0.995. The van der Waals surface area contributed by atoms with Crippen molar-refractivity contribution >= 4 is 33.6 Å². The molecule has 4 nitrogen and oxygen atoms in total. The van der Waals surface area contributed by atoms with E-state index in [9.17, 15) is 4.79 Å². The minimum absolute atomic E-state index is 0.102. The standard InChI is InChI=1S/C15H21BrN2O2S/c16-13-2-4-14(5-3-13)21-12-15(19)17-6-1-7-18-8-10-20-11-9-18/h2-5H,1,6-12H2,(H,17,19). The van der Waals surface area contributed by atoms with Crippen molar-refractivity contribution in [3.05, 3.63) is 28.7 Å². The highest BCUT2D eigenvalue weighted by Crippen LogP contribution is 2.20. The molecular weight excluding hydrogens is 352 g/mol. The molecule has 0 unspecified atom stereocenters. The Hall–Kier alpha value is -0.560. The number of nitrogens with zero attached hydrogens (tertiary/aromatic N) is 1. The number of morpholine rings is 1. The summed E-state index contributed by atoms with van der Waals surface area (Å²) in [7, 11) is 0. The third-order valence-electron chi connectivity index (χ3n) is 3.26. The van der Waals surface area contributed by atoms with E-state index >= 15 is 0 Å². The van der Waals surface area contributed by atoms with Gasteiger partial charge in [-0.05, 0) is 37.2 Å². The van der Waals surface area contributed by atoms with Crippen LogP contribution in [0, 0.1) is 0 Å². The summed E-state index contributed by atoms with van der Waals surface area (Å²) >= 11 is 4.96. The molecule has 1 heterocycles. The van der Waals surface area contributed by atoms with Gasteiger partial charge in [-0.25, -0.2) is 0 Å². The second-order valence-corrected chi connectivity index (χ2v) is 6.86. The first-order chi connectivity index (χ1) is 10.2. The van der Waals surface area contributed by atoms with Crippen molar-refractivity contribution in [3.8, 4) is 0 Å². The summed E-state index contributed by atoms with van der Waals surface area (Å²) in [6, 6.07) is 8.01. The number of nitrogens with one attached hydrogen (secondary N) is 1. The third-order valence-corrected chi connectivity index (χ3v) is 4.80. The van der Waals surface area contributed by atoms with Crippen molar-refractivity contribution in [2.75, 3.05) is 45.1 Å². The van der Waals surface area contributed by atoms with Crippen LogP contribution in [0.25, 0.3) is 0 Å². The van der Waals surface area contributed by atoms with Crippen molar-refractivity contribution in [1.82, 2.24) is 10.2 Å². The predicted octanol–water partition coefficient (Wildman–Crippen LogP) is 2.38. The molecule has 0 aliphatic carbocycles. The maximum atomic E-state index is 11.8. The Morgan fingerprint density at radius 1 is 1.29 bits per heavy atom. The third kappa shape index (κ3) is 6.82. The predicted molar refractivity (Wildman–Crippen MR) is 89.8 cm³/mol. The van der Waals surface area contributed by atoms with Gasteiger partial charge < -0.3 is 10.1 Å². The van der Waals surface area contributed by atoms with Crippen LogP contribution in [-0.4, -0.2) is 56.0 Å². The molecule has 116 valence electrons. The van der Waals surface area contributed by atoms with E-state index < -0.39 is 0 Å². The SMILES string of the molecule is O=C(CSc1ccc(Br)cc1)NCCCN1CCOCC1. The number of hydrogen-bond donors (Lipinski definition) is 1. The first-order valence-corrected chi connectivity index (χ1v) is 8.97. The number of amides is 1. The number of hydrogen-bond acceptors (Lipinski definition) is 4. The van der Waals surface area contributed by atoms with Gasteiger partial charge in [-0.3, -0.25) is 9.69 Å². The van der Waals surface area contributed by atoms with Gasteiger partial charge in [0.2, 0.25) is 5.91 Å². The topological polar surface area (TPSA) is 41.6 Å². The van der Waals surface area contributed by atoms with Gasteiger partial charge in [0, 0.05) is 29.0 Å². The van der Waals surface area contributed by atoms with E-state index in [-0.39, 0.29) is 5.91 Å². The van der Waals surface area contributed by atoms with E-state index in [0.29, 0.717) is 5.75 Å². The van der Waals surface area contributed by atoms with Crippen LogP contribution in [0.2, 0.25) is 0 Å². The first-order valence-electron chi connectivity index (χ1n) is 7.19. The van der Waals surface area contributed by atoms with Gasteiger partial charge in [-0.15, -0.1) is 11.8 Å². The van der Waals surface area contributed by atoms with E-state index in [1.54, 1.807) is 11.8 Å². The zero-order chi connectivity index (χ0) is 14.9. The molecular formula is C15H21BrN2O2S. The lowest BCUT2D eigenvalue weighted by molar-refractivity contribution is -0.118. The van der Waals surface area contributed by atoms with Gasteiger partial charge >= 0.3 is 0 Å². The lowest BCUT2D eigenvalue weighted by atomic mass is 10.3. The van der Waals surface area contributed by atoms with E-state index in [1.807, 2.05) is 24.3 Å². The fourth-order valence-corrected chi connectivity index (χ4v) is 3.08. The van der Waals surface area contributed by atoms with Crippen molar-refractivity contribution in [2.45, 2.75) is 11.3 Å². The Balaban J connectivity index is 1.54. The summed E-state index contributed by atoms with van der Waals surface area (Å²) in [5.41, 5.74) is 0. The number of carbonyl (C=O) groups is 1. The van der Waals surface area contributed by atoms with Crippen molar-refractivity contribution in [2.24, 2.45) is 0 Å². The van der Waals surface area contributed by atoms with Gasteiger partial charge in [0.15, 0.2) is 0 Å². The maximum Gasteiger partial charge on any atom is 0.230 e.